The second-order valence-electron chi connectivity index (χ2n) is 6.58. The molecule has 28 heavy (non-hydrogen) atoms. The molecule has 0 bridgehead atoms. The summed E-state index contributed by atoms with van der Waals surface area (Å²) in [6, 6.07) is 12.2. The normalized spacial score (nSPS) is 18.9. The molecule has 5 rings (SSSR count). The van der Waals surface area contributed by atoms with Gasteiger partial charge in [-0.2, -0.15) is 0 Å². The standard InChI is InChI=1S/C20H9Br2O5.Hg/c21-13-5-11-17(7-15(13)23)26-18-8-16(24)14(22)6-12(18)20(11)10-4-2-1-3-9(10)19(25)27-20;/h1-7,23-24H;/q;+1. The molecule has 2 aliphatic heterocycles. The number of phenolic OH excluding ortho intramolecular Hbond substituents is 2. The molecule has 0 radical (unpaired) electrons. The van der Waals surface area contributed by atoms with Crippen LogP contribution in [0.5, 0.6) is 23.0 Å². The van der Waals surface area contributed by atoms with E-state index in [9.17, 15) is 15.0 Å². The van der Waals surface area contributed by atoms with Gasteiger partial charge in [0, 0.05) is 0 Å². The third-order valence-electron chi connectivity index (χ3n) is 5.09. The van der Waals surface area contributed by atoms with Crippen molar-refractivity contribution in [2.45, 2.75) is 5.60 Å². The minimum absolute atomic E-state index is 0.0103. The van der Waals surface area contributed by atoms with Crippen LogP contribution in [0.25, 0.3) is 0 Å². The van der Waals surface area contributed by atoms with E-state index in [2.05, 4.69) is 31.9 Å². The second-order valence-corrected chi connectivity index (χ2v) is 11.0. The molecule has 8 heteroatoms. The van der Waals surface area contributed by atoms with Crippen molar-refractivity contribution in [1.29, 1.82) is 0 Å². The molecule has 2 aliphatic rings. The summed E-state index contributed by atoms with van der Waals surface area (Å²) < 4.78 is 13.8. The molecule has 1 atom stereocenters. The van der Waals surface area contributed by atoms with Crippen molar-refractivity contribution in [2.75, 3.05) is 0 Å². The summed E-state index contributed by atoms with van der Waals surface area (Å²) in [5.41, 5.74) is 1.21. The molecule has 0 saturated heterocycles. The van der Waals surface area contributed by atoms with Gasteiger partial charge in [-0.15, -0.1) is 0 Å². The molecule has 5 nitrogen and oxygen atoms in total. The predicted octanol–water partition coefficient (Wildman–Crippen LogP) is 4.36. The molecule has 0 aromatic heterocycles. The van der Waals surface area contributed by atoms with Crippen LogP contribution < -0.4 is 7.81 Å². The van der Waals surface area contributed by atoms with Gasteiger partial charge in [-0.3, -0.25) is 0 Å². The van der Waals surface area contributed by atoms with Crippen LogP contribution in [0, 0.1) is 0 Å². The van der Waals surface area contributed by atoms with E-state index >= 15 is 0 Å². The number of hydrogen-bond donors (Lipinski definition) is 2. The van der Waals surface area contributed by atoms with Gasteiger partial charge >= 0.3 is 194 Å². The van der Waals surface area contributed by atoms with Gasteiger partial charge in [-0.25, -0.2) is 0 Å². The molecule has 134 valence electrons. The Morgan fingerprint density at radius 2 is 1.68 bits per heavy atom. The van der Waals surface area contributed by atoms with Gasteiger partial charge in [0.15, 0.2) is 0 Å². The minimum atomic E-state index is -1.23. The van der Waals surface area contributed by atoms with E-state index in [0.717, 1.165) is 0 Å². The van der Waals surface area contributed by atoms with Crippen molar-refractivity contribution in [3.63, 3.8) is 0 Å². The second kappa shape index (κ2) is 6.21. The van der Waals surface area contributed by atoms with E-state index < -0.39 is 11.6 Å². The van der Waals surface area contributed by atoms with E-state index in [1.807, 2.05) is 12.1 Å². The Hall–Kier alpha value is -1.57. The number of carbonyl (C=O) groups excluding carboxylic acids is 1. The van der Waals surface area contributed by atoms with Crippen molar-refractivity contribution < 1.29 is 50.6 Å². The quantitative estimate of drug-likeness (QED) is 0.271. The number of aromatic hydroxyl groups is 2. The van der Waals surface area contributed by atoms with E-state index in [-0.39, 0.29) is 37.6 Å². The first-order chi connectivity index (χ1) is 13.3. The number of halogens is 2. The Kier molecular flexibility index (Phi) is 4.09. The summed E-state index contributed by atoms with van der Waals surface area (Å²) in [4.78, 5) is 12.8. The number of rotatable bonds is 0. The summed E-state index contributed by atoms with van der Waals surface area (Å²) in [5, 5.41) is 20.6. The summed E-state index contributed by atoms with van der Waals surface area (Å²) in [7, 11) is 0. The first-order valence-corrected chi connectivity index (χ1v) is 12.6. The summed E-state index contributed by atoms with van der Waals surface area (Å²) in [6.45, 7) is 0. The van der Waals surface area contributed by atoms with Crippen LogP contribution in [-0.4, -0.2) is 16.2 Å². The molecule has 1 spiro atoms. The number of hydrogen-bond acceptors (Lipinski definition) is 5. The van der Waals surface area contributed by atoms with Crippen LogP contribution in [0.15, 0.2) is 51.4 Å². The van der Waals surface area contributed by atoms with E-state index in [0.29, 0.717) is 45.8 Å². The van der Waals surface area contributed by atoms with Gasteiger partial charge in [0.2, 0.25) is 0 Å². The van der Waals surface area contributed by atoms with Gasteiger partial charge in [0.1, 0.15) is 0 Å². The van der Waals surface area contributed by atoms with Crippen LogP contribution in [0.2, 0.25) is 0 Å². The molecule has 0 saturated carbocycles. The van der Waals surface area contributed by atoms with Crippen molar-refractivity contribution in [3.05, 3.63) is 73.7 Å². The maximum absolute atomic E-state index is 12.8. The van der Waals surface area contributed by atoms with Crippen LogP contribution in [0.4, 0.5) is 0 Å². The van der Waals surface area contributed by atoms with Gasteiger partial charge in [-0.05, 0) is 0 Å². The van der Waals surface area contributed by atoms with E-state index in [4.69, 9.17) is 9.47 Å². The van der Waals surface area contributed by atoms with E-state index in [1.165, 1.54) is 6.07 Å². The monoisotopic (exact) mass is 689 g/mol. The molecule has 2 N–H and O–H groups in total. The molecule has 3 aromatic rings. The summed E-state index contributed by atoms with van der Waals surface area (Å²) >= 11 is 6.78. The van der Waals surface area contributed by atoms with Crippen LogP contribution >= 0.6 is 31.9 Å². The average Bonchev–Trinajstić information content (AvgIpc) is 2.97. The molecule has 3 aromatic carbocycles. The first kappa shape index (κ1) is 18.5. The Labute approximate surface area is 192 Å². The molecule has 0 fully saturated rings. The van der Waals surface area contributed by atoms with Gasteiger partial charge in [0.25, 0.3) is 0 Å². The van der Waals surface area contributed by atoms with Crippen LogP contribution in [0.1, 0.15) is 27.0 Å². The molecule has 0 aliphatic carbocycles. The first-order valence-electron chi connectivity index (χ1n) is 8.26. The summed E-state index contributed by atoms with van der Waals surface area (Å²) in [6.07, 6.45) is 0. The number of esters is 1. The van der Waals surface area contributed by atoms with E-state index in [1.54, 1.807) is 24.3 Å². The van der Waals surface area contributed by atoms with Gasteiger partial charge in [-0.1, -0.05) is 0 Å². The Morgan fingerprint density at radius 1 is 0.964 bits per heavy atom. The Morgan fingerprint density at radius 3 is 2.46 bits per heavy atom. The number of carbonyl (C=O) groups is 1. The number of phenols is 2. The maximum atomic E-state index is 12.8. The Bertz CT molecular complexity index is 1210. The average molecular weight is 690 g/mol. The third kappa shape index (κ3) is 2.29. The van der Waals surface area contributed by atoms with Gasteiger partial charge in [0.05, 0.1) is 0 Å². The van der Waals surface area contributed by atoms with Crippen molar-refractivity contribution in [1.82, 2.24) is 0 Å². The van der Waals surface area contributed by atoms with Crippen LogP contribution in [-0.2, 0) is 36.5 Å². The topological polar surface area (TPSA) is 76.0 Å². The van der Waals surface area contributed by atoms with Crippen molar-refractivity contribution >= 4 is 40.9 Å². The van der Waals surface area contributed by atoms with Crippen molar-refractivity contribution in [3.8, 4) is 23.0 Å². The third-order valence-corrected chi connectivity index (χ3v) is 8.88. The zero-order chi connectivity index (χ0) is 19.8. The zero-order valence-electron chi connectivity index (χ0n) is 14.1. The van der Waals surface area contributed by atoms with Crippen molar-refractivity contribution in [2.24, 2.45) is 0 Å². The fourth-order valence-electron chi connectivity index (χ4n) is 3.83. The Balaban J connectivity index is 1.96. The predicted molar refractivity (Wildman–Crippen MR) is 103 cm³/mol. The fourth-order valence-corrected chi connectivity index (χ4v) is 7.41. The van der Waals surface area contributed by atoms with Crippen LogP contribution in [0.3, 0.4) is 0 Å². The number of ether oxygens (including phenoxy) is 2. The molecular weight excluding hydrogens is 681 g/mol. The van der Waals surface area contributed by atoms with Gasteiger partial charge < -0.3 is 0 Å². The summed E-state index contributed by atoms with van der Waals surface area (Å²) in [5.74, 6) is 0.562. The number of benzene rings is 3. The zero-order valence-corrected chi connectivity index (χ0v) is 22.8. The molecule has 0 amide bonds. The molecular formula is C20H9Br2HgO5+. The SMILES string of the molecule is O=C1OC2(c3cc(Br)c(O)cc3Oc3c2cc(Br)c(O)[c]3[Hg+])c2ccccc21. The number of fused-ring (bicyclic) bond motifs is 6. The molecule has 2 heterocycles. The fraction of sp³-hybridized carbons (Fsp3) is 0.0500. The molecule has 1 unspecified atom stereocenters.